The van der Waals surface area contributed by atoms with Gasteiger partial charge in [-0.1, -0.05) is 30.3 Å². The fraction of sp³-hybridized carbons (Fsp3) is 0.0645. The molecule has 3 heterocycles. The Kier molecular flexibility index (Phi) is 6.15. The van der Waals surface area contributed by atoms with E-state index in [1.54, 1.807) is 47.0 Å². The molecule has 0 aliphatic carbocycles. The molecule has 3 aromatic carbocycles. The molecular weight excluding hydrogens is 527 g/mol. The van der Waals surface area contributed by atoms with E-state index in [4.69, 9.17) is 0 Å². The highest BCUT2D eigenvalue weighted by atomic mass is 19.1. The fourth-order valence-corrected chi connectivity index (χ4v) is 4.91. The van der Waals surface area contributed by atoms with Crippen molar-refractivity contribution in [3.63, 3.8) is 0 Å². The molecule has 0 atom stereocenters. The molecule has 0 amide bonds. The Labute approximate surface area is 231 Å². The average Bonchev–Trinajstić information content (AvgIpc) is 3.38. The van der Waals surface area contributed by atoms with Crippen LogP contribution in [0.5, 0.6) is 0 Å². The number of pyridine rings is 1. The Morgan fingerprint density at radius 1 is 0.878 bits per heavy atom. The third-order valence-electron chi connectivity index (χ3n) is 7.00. The summed E-state index contributed by atoms with van der Waals surface area (Å²) in [5.41, 5.74) is 1.63. The number of carboxylic acids is 1. The molecule has 10 heteroatoms. The Morgan fingerprint density at radius 2 is 1.66 bits per heavy atom. The zero-order valence-electron chi connectivity index (χ0n) is 21.6. The van der Waals surface area contributed by atoms with Gasteiger partial charge in [0.15, 0.2) is 5.82 Å². The summed E-state index contributed by atoms with van der Waals surface area (Å²) in [5, 5.41) is 9.59. The molecule has 3 aromatic heterocycles. The lowest BCUT2D eigenvalue weighted by Gasteiger charge is -2.12. The molecule has 0 saturated carbocycles. The van der Waals surface area contributed by atoms with Crippen molar-refractivity contribution in [3.05, 3.63) is 140 Å². The smallest absolute Gasteiger partial charge is 0.335 e. The maximum Gasteiger partial charge on any atom is 0.335 e. The van der Waals surface area contributed by atoms with E-state index in [0.29, 0.717) is 27.9 Å². The summed E-state index contributed by atoms with van der Waals surface area (Å²) >= 11 is 0. The molecule has 0 bridgehead atoms. The van der Waals surface area contributed by atoms with E-state index < -0.39 is 28.8 Å². The number of aryl methyl sites for hydroxylation is 1. The number of rotatable bonds is 6. The maximum absolute atomic E-state index is 13.8. The van der Waals surface area contributed by atoms with Gasteiger partial charge in [0.05, 0.1) is 34.2 Å². The third kappa shape index (κ3) is 4.41. The van der Waals surface area contributed by atoms with E-state index in [2.05, 4.69) is 4.98 Å². The number of carbonyl (C=O) groups is 2. The second kappa shape index (κ2) is 9.83. The van der Waals surface area contributed by atoms with Crippen LogP contribution in [0.2, 0.25) is 0 Å². The third-order valence-corrected chi connectivity index (χ3v) is 7.00. The normalized spacial score (nSPS) is 11.3. The largest absolute Gasteiger partial charge is 0.478 e. The predicted octanol–water partition coefficient (Wildman–Crippen LogP) is 4.13. The average molecular weight is 549 g/mol. The Bertz CT molecular complexity index is 2140. The summed E-state index contributed by atoms with van der Waals surface area (Å²) in [5.74, 6) is -1.90. The highest BCUT2D eigenvalue weighted by Crippen LogP contribution is 2.27. The first-order valence-corrected chi connectivity index (χ1v) is 12.6. The van der Waals surface area contributed by atoms with Crippen LogP contribution in [0.4, 0.5) is 4.39 Å². The molecule has 0 aliphatic heterocycles. The fourth-order valence-electron chi connectivity index (χ4n) is 4.91. The minimum Gasteiger partial charge on any atom is -0.478 e. The molecule has 0 fully saturated rings. The van der Waals surface area contributed by atoms with Crippen LogP contribution in [0.3, 0.4) is 0 Å². The van der Waals surface area contributed by atoms with Gasteiger partial charge in [0, 0.05) is 24.4 Å². The van der Waals surface area contributed by atoms with Gasteiger partial charge in [0.25, 0.3) is 5.56 Å². The molecule has 6 rings (SSSR count). The van der Waals surface area contributed by atoms with Crippen molar-refractivity contribution in [2.45, 2.75) is 6.54 Å². The van der Waals surface area contributed by atoms with Gasteiger partial charge in [-0.2, -0.15) is 0 Å². The van der Waals surface area contributed by atoms with E-state index in [1.807, 2.05) is 0 Å². The van der Waals surface area contributed by atoms with Crippen molar-refractivity contribution in [2.75, 3.05) is 0 Å². The number of hydrogen-bond donors (Lipinski definition) is 1. The van der Waals surface area contributed by atoms with E-state index in [-0.39, 0.29) is 28.9 Å². The Morgan fingerprint density at radius 3 is 2.41 bits per heavy atom. The number of carboxylic acid groups (broad SMARTS) is 1. The molecule has 9 nitrogen and oxygen atoms in total. The summed E-state index contributed by atoms with van der Waals surface area (Å²) in [6.07, 6.45) is 1.68. The maximum atomic E-state index is 13.8. The van der Waals surface area contributed by atoms with Crippen LogP contribution >= 0.6 is 0 Å². The number of aromatic carboxylic acids is 1. The molecule has 6 aromatic rings. The van der Waals surface area contributed by atoms with E-state index >= 15 is 0 Å². The van der Waals surface area contributed by atoms with Crippen LogP contribution in [-0.4, -0.2) is 35.4 Å². The number of halogens is 1. The highest BCUT2D eigenvalue weighted by Gasteiger charge is 2.22. The first-order valence-electron chi connectivity index (χ1n) is 12.6. The second-order valence-electron chi connectivity index (χ2n) is 9.55. The minimum atomic E-state index is -1.08. The number of aromatic nitrogens is 4. The van der Waals surface area contributed by atoms with Gasteiger partial charge in [-0.25, -0.2) is 19.0 Å². The molecule has 0 spiro atoms. The SMILES string of the molecule is Cn1c(=O)n(Cc2ccc(F)cc2)c(=O)c2cc(C(=O)c3nc(-c4cccc(C(=O)O)c4)c4ccccn34)ccc21. The van der Waals surface area contributed by atoms with Crippen molar-refractivity contribution in [1.82, 2.24) is 18.5 Å². The van der Waals surface area contributed by atoms with E-state index in [1.165, 1.54) is 60.1 Å². The van der Waals surface area contributed by atoms with Crippen molar-refractivity contribution in [1.29, 1.82) is 0 Å². The predicted molar refractivity (Wildman–Crippen MR) is 150 cm³/mol. The van der Waals surface area contributed by atoms with Crippen LogP contribution in [0.15, 0.2) is 101 Å². The molecule has 0 saturated heterocycles. The zero-order chi connectivity index (χ0) is 28.8. The molecule has 0 unspecified atom stereocenters. The second-order valence-corrected chi connectivity index (χ2v) is 9.55. The summed E-state index contributed by atoms with van der Waals surface area (Å²) < 4.78 is 17.3. The van der Waals surface area contributed by atoms with Crippen LogP contribution < -0.4 is 11.2 Å². The van der Waals surface area contributed by atoms with Gasteiger partial charge in [0.2, 0.25) is 5.78 Å². The number of benzene rings is 3. The molecule has 1 N–H and O–H groups in total. The first kappa shape index (κ1) is 25.6. The number of nitrogens with zero attached hydrogens (tertiary/aromatic N) is 4. The van der Waals surface area contributed by atoms with Crippen molar-refractivity contribution < 1.29 is 19.1 Å². The lowest BCUT2D eigenvalue weighted by molar-refractivity contribution is 0.0696. The Balaban J connectivity index is 1.47. The van der Waals surface area contributed by atoms with E-state index in [0.717, 1.165) is 4.57 Å². The highest BCUT2D eigenvalue weighted by molar-refractivity contribution is 6.09. The van der Waals surface area contributed by atoms with Crippen LogP contribution in [0.25, 0.3) is 27.7 Å². The molecular formula is C31H21FN4O5. The lowest BCUT2D eigenvalue weighted by atomic mass is 10.1. The van der Waals surface area contributed by atoms with Gasteiger partial charge in [0.1, 0.15) is 5.82 Å². The molecule has 0 aliphatic rings. The van der Waals surface area contributed by atoms with Crippen LogP contribution in [-0.2, 0) is 13.6 Å². The van der Waals surface area contributed by atoms with Gasteiger partial charge in [-0.3, -0.25) is 23.1 Å². The number of imidazole rings is 1. The number of carbonyl (C=O) groups excluding carboxylic acids is 1. The van der Waals surface area contributed by atoms with Crippen molar-refractivity contribution in [3.8, 4) is 11.3 Å². The number of ketones is 1. The first-order chi connectivity index (χ1) is 19.7. The van der Waals surface area contributed by atoms with Gasteiger partial charge < -0.3 is 5.11 Å². The monoisotopic (exact) mass is 548 g/mol. The number of hydrogen-bond acceptors (Lipinski definition) is 5. The Hall–Kier alpha value is -5.64. The molecule has 202 valence electrons. The quantitative estimate of drug-likeness (QED) is 0.313. The van der Waals surface area contributed by atoms with Crippen molar-refractivity contribution >= 4 is 28.2 Å². The standard InChI is InChI=1S/C31H21FN4O5/c1-34-24-13-10-20(16-23(24)29(38)36(31(34)41)17-18-8-11-22(32)12-9-18)27(37)28-33-26(25-7-2-3-14-35(25)28)19-5-4-6-21(15-19)30(39)40/h2-16H,17H2,1H3,(H,39,40). The summed E-state index contributed by atoms with van der Waals surface area (Å²) in [4.78, 5) is 56.4. The minimum absolute atomic E-state index is 0.0659. The van der Waals surface area contributed by atoms with Gasteiger partial charge >= 0.3 is 11.7 Å². The van der Waals surface area contributed by atoms with Gasteiger partial charge in [-0.05, 0) is 60.2 Å². The molecule has 0 radical (unpaired) electrons. The topological polar surface area (TPSA) is 116 Å². The summed E-state index contributed by atoms with van der Waals surface area (Å²) in [6.45, 7) is -0.0659. The van der Waals surface area contributed by atoms with Crippen LogP contribution in [0, 0.1) is 5.82 Å². The van der Waals surface area contributed by atoms with Gasteiger partial charge in [-0.15, -0.1) is 0 Å². The lowest BCUT2D eigenvalue weighted by Crippen LogP contribution is -2.39. The van der Waals surface area contributed by atoms with Crippen LogP contribution in [0.1, 0.15) is 32.1 Å². The zero-order valence-corrected chi connectivity index (χ0v) is 21.6. The van der Waals surface area contributed by atoms with Crippen molar-refractivity contribution in [2.24, 2.45) is 7.05 Å². The summed E-state index contributed by atoms with van der Waals surface area (Å²) in [7, 11) is 1.53. The molecule has 41 heavy (non-hydrogen) atoms. The van der Waals surface area contributed by atoms with E-state index in [9.17, 15) is 28.7 Å². The number of fused-ring (bicyclic) bond motifs is 2. The summed E-state index contributed by atoms with van der Waals surface area (Å²) in [6, 6.07) is 21.6.